The fourth-order valence-electron chi connectivity index (χ4n) is 1.43. The van der Waals surface area contributed by atoms with E-state index < -0.39 is 12.6 Å². The largest absolute Gasteiger partial charge is 0.496 e. The number of carbonyl (C=O) groups is 1. The van der Waals surface area contributed by atoms with E-state index in [1.165, 1.54) is 26.4 Å². The Hall–Kier alpha value is -1.78. The Morgan fingerprint density at radius 3 is 2.19 bits per heavy atom. The second kappa shape index (κ2) is 5.34. The van der Waals surface area contributed by atoms with E-state index >= 15 is 0 Å². The van der Waals surface area contributed by atoms with Gasteiger partial charge < -0.3 is 14.6 Å². The van der Waals surface area contributed by atoms with Gasteiger partial charge in [0.1, 0.15) is 18.2 Å². The predicted molar refractivity (Wildman–Crippen MR) is 55.7 cm³/mol. The van der Waals surface area contributed by atoms with Gasteiger partial charge in [-0.05, 0) is 12.1 Å². The molecule has 0 aliphatic rings. The van der Waals surface area contributed by atoms with Gasteiger partial charge in [0.05, 0.1) is 20.6 Å². The molecule has 0 atom stereocenters. The number of hydrogen-bond acceptors (Lipinski definition) is 3. The van der Waals surface area contributed by atoms with E-state index in [4.69, 9.17) is 14.6 Å². The molecule has 0 aliphatic heterocycles. The minimum Gasteiger partial charge on any atom is -0.496 e. The number of hydrogen-bond donors (Lipinski definition) is 1. The third-order valence-corrected chi connectivity index (χ3v) is 2.17. The molecule has 0 heterocycles. The van der Waals surface area contributed by atoms with Crippen LogP contribution in [0.1, 0.15) is 11.1 Å². The number of carboxylic acid groups (broad SMARTS) is 1. The van der Waals surface area contributed by atoms with Crippen LogP contribution in [0.15, 0.2) is 12.1 Å². The molecule has 0 unspecified atom stereocenters. The standard InChI is InChI=1S/C11H13FO4/c1-15-9-4-8(6-12)10(16-2)3-7(9)5-11(13)14/h3-4H,5-6H2,1-2H3,(H,13,14). The number of halogens is 1. The van der Waals surface area contributed by atoms with Crippen LogP contribution in [0.3, 0.4) is 0 Å². The lowest BCUT2D eigenvalue weighted by Gasteiger charge is -2.12. The fourth-order valence-corrected chi connectivity index (χ4v) is 1.43. The second-order valence-corrected chi connectivity index (χ2v) is 3.18. The zero-order valence-electron chi connectivity index (χ0n) is 9.12. The van der Waals surface area contributed by atoms with Crippen molar-refractivity contribution in [3.8, 4) is 11.5 Å². The molecule has 0 aromatic heterocycles. The molecule has 0 saturated carbocycles. The maximum absolute atomic E-state index is 12.6. The van der Waals surface area contributed by atoms with Gasteiger partial charge in [-0.3, -0.25) is 4.79 Å². The molecule has 5 heteroatoms. The normalized spacial score (nSPS) is 9.94. The Morgan fingerprint density at radius 1 is 1.25 bits per heavy atom. The molecule has 0 spiro atoms. The summed E-state index contributed by atoms with van der Waals surface area (Å²) in [6.07, 6.45) is -0.188. The van der Waals surface area contributed by atoms with E-state index in [0.29, 0.717) is 22.6 Å². The van der Waals surface area contributed by atoms with Gasteiger partial charge in [-0.15, -0.1) is 0 Å². The lowest BCUT2D eigenvalue weighted by atomic mass is 10.1. The van der Waals surface area contributed by atoms with Crippen LogP contribution in [0.25, 0.3) is 0 Å². The van der Waals surface area contributed by atoms with E-state index in [0.717, 1.165) is 0 Å². The first-order valence-electron chi connectivity index (χ1n) is 4.64. The SMILES string of the molecule is COc1cc(CC(=O)O)c(OC)cc1CF. The van der Waals surface area contributed by atoms with Gasteiger partial charge in [0.25, 0.3) is 0 Å². The minimum absolute atomic E-state index is 0.188. The zero-order chi connectivity index (χ0) is 12.1. The van der Waals surface area contributed by atoms with Crippen molar-refractivity contribution in [1.82, 2.24) is 0 Å². The summed E-state index contributed by atoms with van der Waals surface area (Å²) in [5.41, 5.74) is 0.803. The summed E-state index contributed by atoms with van der Waals surface area (Å²) in [7, 11) is 2.82. The molecule has 0 radical (unpaired) electrons. The first-order valence-corrected chi connectivity index (χ1v) is 4.64. The maximum Gasteiger partial charge on any atom is 0.307 e. The van der Waals surface area contributed by atoms with Crippen LogP contribution in [0, 0.1) is 0 Å². The zero-order valence-corrected chi connectivity index (χ0v) is 9.12. The summed E-state index contributed by atoms with van der Waals surface area (Å²) in [5.74, 6) is -0.288. The van der Waals surface area contributed by atoms with E-state index in [-0.39, 0.29) is 6.42 Å². The number of aliphatic carboxylic acids is 1. The molecule has 4 nitrogen and oxygen atoms in total. The van der Waals surface area contributed by atoms with Crippen molar-refractivity contribution in [3.05, 3.63) is 23.3 Å². The van der Waals surface area contributed by atoms with Crippen LogP contribution in [0.5, 0.6) is 11.5 Å². The van der Waals surface area contributed by atoms with Crippen molar-refractivity contribution < 1.29 is 23.8 Å². The van der Waals surface area contributed by atoms with Crippen molar-refractivity contribution in [2.75, 3.05) is 14.2 Å². The van der Waals surface area contributed by atoms with Crippen LogP contribution in [0.4, 0.5) is 4.39 Å². The summed E-state index contributed by atoms with van der Waals surface area (Å²) in [6.45, 7) is -0.688. The minimum atomic E-state index is -0.978. The molecular weight excluding hydrogens is 215 g/mol. The second-order valence-electron chi connectivity index (χ2n) is 3.18. The summed E-state index contributed by atoms with van der Waals surface area (Å²) >= 11 is 0. The molecule has 0 fully saturated rings. The first-order chi connectivity index (χ1) is 7.62. The lowest BCUT2D eigenvalue weighted by Crippen LogP contribution is -2.04. The van der Waals surface area contributed by atoms with Crippen LogP contribution >= 0.6 is 0 Å². The van der Waals surface area contributed by atoms with Gasteiger partial charge in [0.2, 0.25) is 0 Å². The first kappa shape index (κ1) is 12.3. The number of rotatable bonds is 5. The highest BCUT2D eigenvalue weighted by Gasteiger charge is 2.13. The Labute approximate surface area is 92.6 Å². The third kappa shape index (κ3) is 2.62. The quantitative estimate of drug-likeness (QED) is 0.834. The summed E-state index contributed by atoms with van der Waals surface area (Å²) in [6, 6.07) is 2.94. The molecule has 1 rings (SSSR count). The van der Waals surface area contributed by atoms with Crippen molar-refractivity contribution in [2.45, 2.75) is 13.1 Å². The number of alkyl halides is 1. The molecule has 0 bridgehead atoms. The van der Waals surface area contributed by atoms with Gasteiger partial charge in [0, 0.05) is 11.1 Å². The highest BCUT2D eigenvalue weighted by Crippen LogP contribution is 2.29. The average molecular weight is 228 g/mol. The average Bonchev–Trinajstić information content (AvgIpc) is 2.27. The predicted octanol–water partition coefficient (Wildman–Crippen LogP) is 1.80. The Balaban J connectivity index is 3.20. The van der Waals surface area contributed by atoms with Crippen LogP contribution in [0.2, 0.25) is 0 Å². The highest BCUT2D eigenvalue weighted by atomic mass is 19.1. The Morgan fingerprint density at radius 2 is 1.75 bits per heavy atom. The maximum atomic E-state index is 12.6. The van der Waals surface area contributed by atoms with Gasteiger partial charge in [-0.1, -0.05) is 0 Å². The summed E-state index contributed by atoms with van der Waals surface area (Å²) in [5, 5.41) is 8.71. The van der Waals surface area contributed by atoms with Crippen molar-refractivity contribution >= 4 is 5.97 Å². The molecule has 1 N–H and O–H groups in total. The monoisotopic (exact) mass is 228 g/mol. The molecule has 16 heavy (non-hydrogen) atoms. The van der Waals surface area contributed by atoms with E-state index in [9.17, 15) is 9.18 Å². The fraction of sp³-hybridized carbons (Fsp3) is 0.364. The number of ether oxygens (including phenoxy) is 2. The number of benzene rings is 1. The van der Waals surface area contributed by atoms with Crippen molar-refractivity contribution in [3.63, 3.8) is 0 Å². The number of carboxylic acids is 1. The Bertz CT molecular complexity index is 390. The van der Waals surface area contributed by atoms with E-state index in [2.05, 4.69) is 0 Å². The highest BCUT2D eigenvalue weighted by molar-refractivity contribution is 5.72. The Kier molecular flexibility index (Phi) is 4.10. The van der Waals surface area contributed by atoms with E-state index in [1.54, 1.807) is 0 Å². The topological polar surface area (TPSA) is 55.8 Å². The molecular formula is C11H13FO4. The molecule has 0 saturated heterocycles. The third-order valence-electron chi connectivity index (χ3n) is 2.17. The molecule has 1 aromatic carbocycles. The van der Waals surface area contributed by atoms with Gasteiger partial charge in [-0.2, -0.15) is 0 Å². The van der Waals surface area contributed by atoms with Crippen molar-refractivity contribution in [1.29, 1.82) is 0 Å². The van der Waals surface area contributed by atoms with E-state index in [1.807, 2.05) is 0 Å². The smallest absolute Gasteiger partial charge is 0.307 e. The summed E-state index contributed by atoms with van der Waals surface area (Å²) < 4.78 is 22.6. The molecule has 0 amide bonds. The molecule has 1 aromatic rings. The van der Waals surface area contributed by atoms with Gasteiger partial charge in [-0.25, -0.2) is 4.39 Å². The number of methoxy groups -OCH3 is 2. The lowest BCUT2D eigenvalue weighted by molar-refractivity contribution is -0.136. The molecule has 88 valence electrons. The van der Waals surface area contributed by atoms with Crippen molar-refractivity contribution in [2.24, 2.45) is 0 Å². The molecule has 0 aliphatic carbocycles. The van der Waals surface area contributed by atoms with Crippen LogP contribution in [-0.4, -0.2) is 25.3 Å². The summed E-state index contributed by atoms with van der Waals surface area (Å²) in [4.78, 5) is 10.6. The van der Waals surface area contributed by atoms with Crippen LogP contribution in [-0.2, 0) is 17.9 Å². The van der Waals surface area contributed by atoms with Gasteiger partial charge in [0.15, 0.2) is 0 Å². The van der Waals surface area contributed by atoms with Gasteiger partial charge >= 0.3 is 5.97 Å². The van der Waals surface area contributed by atoms with Crippen LogP contribution < -0.4 is 9.47 Å².